The number of benzene rings is 2. The molecule has 0 aliphatic carbocycles. The summed E-state index contributed by atoms with van der Waals surface area (Å²) in [5.41, 5.74) is 0.551. The second-order valence-electron chi connectivity index (χ2n) is 5.03. The maximum atomic E-state index is 12.9. The normalized spacial score (nSPS) is 10.8. The number of hydrogen-bond acceptors (Lipinski definition) is 5. The van der Waals surface area contributed by atoms with Crippen molar-refractivity contribution < 1.29 is 13.3 Å². The molecular weight excluding hydrogens is 330 g/mol. The first-order chi connectivity index (χ1) is 11.4. The average molecular weight is 345 g/mol. The molecule has 8 heteroatoms. The molecule has 0 radical (unpaired) electrons. The summed E-state index contributed by atoms with van der Waals surface area (Å²) in [6.07, 6.45) is 0.0279. The highest BCUT2D eigenvalue weighted by atomic mass is 32.2. The fourth-order valence-electron chi connectivity index (χ4n) is 2.25. The third kappa shape index (κ3) is 3.52. The van der Waals surface area contributed by atoms with Gasteiger partial charge < -0.3 is 0 Å². The van der Waals surface area contributed by atoms with Crippen molar-refractivity contribution in [1.29, 1.82) is 5.26 Å². The predicted octanol–water partition coefficient (Wildman–Crippen LogP) is 3.01. The number of sulfonamides is 1. The molecule has 0 spiro atoms. The van der Waals surface area contributed by atoms with Crippen molar-refractivity contribution in [2.75, 3.05) is 10.8 Å². The van der Waals surface area contributed by atoms with Crippen LogP contribution in [0.25, 0.3) is 0 Å². The van der Waals surface area contributed by atoms with Gasteiger partial charge in [0, 0.05) is 18.2 Å². The minimum Gasteiger partial charge on any atom is -0.265 e. The molecule has 0 fully saturated rings. The third-order valence-corrected chi connectivity index (χ3v) is 5.25. The molecule has 24 heavy (non-hydrogen) atoms. The highest BCUT2D eigenvalue weighted by molar-refractivity contribution is 7.92. The van der Waals surface area contributed by atoms with Crippen molar-refractivity contribution in [3.8, 4) is 6.07 Å². The van der Waals surface area contributed by atoms with Crippen LogP contribution in [-0.2, 0) is 10.0 Å². The summed E-state index contributed by atoms with van der Waals surface area (Å²) in [6, 6.07) is 14.0. The van der Waals surface area contributed by atoms with E-state index >= 15 is 0 Å². The molecule has 124 valence electrons. The lowest BCUT2D eigenvalue weighted by atomic mass is 10.2. The van der Waals surface area contributed by atoms with Crippen LogP contribution in [0.4, 0.5) is 11.4 Å². The number of rotatable bonds is 6. The van der Waals surface area contributed by atoms with E-state index in [9.17, 15) is 18.5 Å². The van der Waals surface area contributed by atoms with Crippen molar-refractivity contribution >= 4 is 21.4 Å². The van der Waals surface area contributed by atoms with E-state index in [0.29, 0.717) is 5.69 Å². The zero-order chi connectivity index (χ0) is 17.7. The summed E-state index contributed by atoms with van der Waals surface area (Å²) in [6.45, 7) is 1.48. The zero-order valence-electron chi connectivity index (χ0n) is 12.9. The van der Waals surface area contributed by atoms with Gasteiger partial charge in [-0.05, 0) is 31.2 Å². The van der Waals surface area contributed by atoms with Crippen LogP contribution in [-0.4, -0.2) is 19.9 Å². The van der Waals surface area contributed by atoms with Gasteiger partial charge >= 0.3 is 0 Å². The summed E-state index contributed by atoms with van der Waals surface area (Å²) < 4.78 is 27.0. The minimum atomic E-state index is -3.93. The molecule has 0 saturated heterocycles. The van der Waals surface area contributed by atoms with Crippen molar-refractivity contribution in [3.05, 3.63) is 64.2 Å². The van der Waals surface area contributed by atoms with Gasteiger partial charge in [0.1, 0.15) is 0 Å². The zero-order valence-corrected chi connectivity index (χ0v) is 13.7. The van der Waals surface area contributed by atoms with Gasteiger partial charge in [-0.1, -0.05) is 18.2 Å². The topological polar surface area (TPSA) is 104 Å². The number of anilines is 1. The summed E-state index contributed by atoms with van der Waals surface area (Å²) >= 11 is 0. The Bertz CT molecular complexity index is 889. The first kappa shape index (κ1) is 17.4. The lowest BCUT2D eigenvalue weighted by Crippen LogP contribution is -2.32. The molecule has 0 aromatic heterocycles. The van der Waals surface area contributed by atoms with Crippen LogP contribution >= 0.6 is 0 Å². The summed E-state index contributed by atoms with van der Waals surface area (Å²) in [7, 11) is -3.93. The van der Waals surface area contributed by atoms with Crippen LogP contribution in [0.5, 0.6) is 0 Å². The molecule has 2 aromatic carbocycles. The number of hydrogen-bond donors (Lipinski definition) is 0. The second kappa shape index (κ2) is 7.10. The Hall–Kier alpha value is -2.92. The summed E-state index contributed by atoms with van der Waals surface area (Å²) in [4.78, 5) is 10.3. The van der Waals surface area contributed by atoms with Crippen molar-refractivity contribution in [2.45, 2.75) is 18.2 Å². The molecule has 0 aliphatic heterocycles. The number of nitriles is 1. The van der Waals surface area contributed by atoms with Gasteiger partial charge in [-0.25, -0.2) is 8.42 Å². The third-order valence-electron chi connectivity index (χ3n) is 3.42. The van der Waals surface area contributed by atoms with Gasteiger partial charge in [-0.3, -0.25) is 14.4 Å². The first-order valence-electron chi connectivity index (χ1n) is 7.07. The molecule has 0 unspecified atom stereocenters. The van der Waals surface area contributed by atoms with Gasteiger partial charge in [-0.15, -0.1) is 0 Å². The van der Waals surface area contributed by atoms with Gasteiger partial charge in [0.15, 0.2) is 0 Å². The maximum Gasteiger partial charge on any atom is 0.272 e. The fourth-order valence-corrected chi connectivity index (χ4v) is 3.81. The Morgan fingerprint density at radius 3 is 2.42 bits per heavy atom. The summed E-state index contributed by atoms with van der Waals surface area (Å²) in [5, 5.41) is 19.7. The average Bonchev–Trinajstić information content (AvgIpc) is 2.55. The molecule has 0 bridgehead atoms. The number of nitro groups is 1. The van der Waals surface area contributed by atoms with E-state index in [1.165, 1.54) is 25.1 Å². The van der Waals surface area contributed by atoms with Crippen LogP contribution in [0.1, 0.15) is 12.0 Å². The van der Waals surface area contributed by atoms with Crippen LogP contribution in [0.3, 0.4) is 0 Å². The van der Waals surface area contributed by atoms with Crippen molar-refractivity contribution in [3.63, 3.8) is 0 Å². The lowest BCUT2D eigenvalue weighted by Gasteiger charge is -2.23. The molecule has 0 amide bonds. The minimum absolute atomic E-state index is 0.00111. The smallest absolute Gasteiger partial charge is 0.265 e. The second-order valence-corrected chi connectivity index (χ2v) is 6.89. The fraction of sp³-hybridized carbons (Fsp3) is 0.188. The number of para-hydroxylation sites is 1. The Labute approximate surface area is 140 Å². The van der Waals surface area contributed by atoms with Crippen LogP contribution < -0.4 is 4.31 Å². The van der Waals surface area contributed by atoms with Crippen LogP contribution in [0.15, 0.2) is 53.4 Å². The molecule has 2 rings (SSSR count). The quantitative estimate of drug-likeness (QED) is 0.591. The van der Waals surface area contributed by atoms with E-state index < -0.39 is 14.9 Å². The Morgan fingerprint density at radius 2 is 1.88 bits per heavy atom. The molecule has 2 aromatic rings. The van der Waals surface area contributed by atoms with Crippen molar-refractivity contribution in [2.24, 2.45) is 0 Å². The monoisotopic (exact) mass is 345 g/mol. The molecular formula is C16H15N3O4S. The van der Waals surface area contributed by atoms with E-state index in [0.717, 1.165) is 4.31 Å². The number of aryl methyl sites for hydroxylation is 1. The van der Waals surface area contributed by atoms with Gasteiger partial charge in [0.05, 0.1) is 28.0 Å². The Balaban J connectivity index is 2.50. The molecule has 0 aliphatic rings. The first-order valence-corrected chi connectivity index (χ1v) is 8.51. The van der Waals surface area contributed by atoms with E-state index in [1.54, 1.807) is 30.3 Å². The van der Waals surface area contributed by atoms with E-state index in [-0.39, 0.29) is 29.1 Å². The molecule has 0 heterocycles. The van der Waals surface area contributed by atoms with E-state index in [4.69, 9.17) is 5.26 Å². The highest BCUT2D eigenvalue weighted by Crippen LogP contribution is 2.27. The van der Waals surface area contributed by atoms with Crippen molar-refractivity contribution in [1.82, 2.24) is 0 Å². The largest absolute Gasteiger partial charge is 0.272 e. The van der Waals surface area contributed by atoms with Crippen LogP contribution in [0, 0.1) is 28.4 Å². The SMILES string of the molecule is Cc1cc(S(=O)(=O)N(CCC#N)c2ccccc2)ccc1[N+](=O)[O-]. The Kier molecular flexibility index (Phi) is 5.16. The molecule has 0 saturated carbocycles. The van der Waals surface area contributed by atoms with E-state index in [1.807, 2.05) is 6.07 Å². The van der Waals surface area contributed by atoms with Crippen LogP contribution in [0.2, 0.25) is 0 Å². The number of nitro benzene ring substituents is 1. The Morgan fingerprint density at radius 1 is 1.21 bits per heavy atom. The highest BCUT2D eigenvalue weighted by Gasteiger charge is 2.26. The van der Waals surface area contributed by atoms with Gasteiger partial charge in [0.2, 0.25) is 0 Å². The lowest BCUT2D eigenvalue weighted by molar-refractivity contribution is -0.385. The van der Waals surface area contributed by atoms with E-state index in [2.05, 4.69) is 0 Å². The standard InChI is InChI=1S/C16H15N3O4S/c1-13-12-15(8-9-16(13)19(20)21)24(22,23)18(11-5-10-17)14-6-3-2-4-7-14/h2-4,6-9,12H,5,11H2,1H3. The summed E-state index contributed by atoms with van der Waals surface area (Å²) in [5.74, 6) is 0. The maximum absolute atomic E-state index is 12.9. The predicted molar refractivity (Wildman–Crippen MR) is 89.0 cm³/mol. The van der Waals surface area contributed by atoms with Gasteiger partial charge in [-0.2, -0.15) is 5.26 Å². The van der Waals surface area contributed by atoms with Gasteiger partial charge in [0.25, 0.3) is 15.7 Å². The number of nitrogens with zero attached hydrogens (tertiary/aromatic N) is 3. The molecule has 0 atom stereocenters. The molecule has 0 N–H and O–H groups in total. The molecule has 7 nitrogen and oxygen atoms in total.